The second-order valence-corrected chi connectivity index (χ2v) is 4.82. The van der Waals surface area contributed by atoms with Gasteiger partial charge in [-0.2, -0.15) is 0 Å². The number of pyridine rings is 1. The van der Waals surface area contributed by atoms with Crippen molar-refractivity contribution in [3.63, 3.8) is 0 Å². The van der Waals surface area contributed by atoms with Crippen LogP contribution in [0.5, 0.6) is 0 Å². The normalized spacial score (nSPS) is 12.5. The van der Waals surface area contributed by atoms with Gasteiger partial charge in [-0.25, -0.2) is 0 Å². The predicted molar refractivity (Wildman–Crippen MR) is 72.3 cm³/mol. The van der Waals surface area contributed by atoms with Crippen LogP contribution in [0.4, 0.5) is 0 Å². The van der Waals surface area contributed by atoms with E-state index < -0.39 is 0 Å². The Balaban J connectivity index is 2.73. The van der Waals surface area contributed by atoms with Gasteiger partial charge in [-0.1, -0.05) is 26.8 Å². The van der Waals surface area contributed by atoms with Gasteiger partial charge >= 0.3 is 5.97 Å². The van der Waals surface area contributed by atoms with Gasteiger partial charge in [0, 0.05) is 18.3 Å². The molecular formula is C15H23NO2. The van der Waals surface area contributed by atoms with Gasteiger partial charge in [0.1, 0.15) is 0 Å². The number of carbonyl (C=O) groups excluding carboxylic acids is 1. The van der Waals surface area contributed by atoms with Crippen LogP contribution in [0.1, 0.15) is 39.0 Å². The lowest BCUT2D eigenvalue weighted by Gasteiger charge is -2.18. The number of esters is 1. The van der Waals surface area contributed by atoms with Gasteiger partial charge in [0.15, 0.2) is 0 Å². The average molecular weight is 249 g/mol. The van der Waals surface area contributed by atoms with Crippen molar-refractivity contribution < 1.29 is 9.53 Å². The first-order valence-corrected chi connectivity index (χ1v) is 6.68. The van der Waals surface area contributed by atoms with Crippen molar-refractivity contribution in [2.75, 3.05) is 6.61 Å². The number of hydrogen-bond donors (Lipinski definition) is 0. The van der Waals surface area contributed by atoms with E-state index >= 15 is 0 Å². The molecule has 3 nitrogen and oxygen atoms in total. The maximum Gasteiger partial charge on any atom is 0.309 e. The molecule has 1 rings (SSSR count). The zero-order valence-corrected chi connectivity index (χ0v) is 11.8. The quantitative estimate of drug-likeness (QED) is 0.727. The van der Waals surface area contributed by atoms with Crippen molar-refractivity contribution in [2.45, 2.75) is 40.5 Å². The molecule has 1 heterocycles. The van der Waals surface area contributed by atoms with Crippen molar-refractivity contribution in [3.8, 4) is 0 Å². The number of hydrogen-bond acceptors (Lipinski definition) is 3. The summed E-state index contributed by atoms with van der Waals surface area (Å²) in [6, 6.07) is 4.08. The third kappa shape index (κ3) is 4.13. The summed E-state index contributed by atoms with van der Waals surface area (Å²) in [6.45, 7) is 8.46. The van der Waals surface area contributed by atoms with E-state index in [9.17, 15) is 4.79 Å². The number of aromatic nitrogens is 1. The van der Waals surface area contributed by atoms with E-state index in [1.54, 1.807) is 0 Å². The maximum atomic E-state index is 11.9. The maximum absolute atomic E-state index is 11.9. The van der Waals surface area contributed by atoms with E-state index in [-0.39, 0.29) is 17.8 Å². The zero-order chi connectivity index (χ0) is 13.5. The van der Waals surface area contributed by atoms with Gasteiger partial charge in [0.05, 0.1) is 12.5 Å². The van der Waals surface area contributed by atoms with Gasteiger partial charge in [-0.15, -0.1) is 0 Å². The fourth-order valence-electron chi connectivity index (χ4n) is 1.85. The summed E-state index contributed by atoms with van der Waals surface area (Å²) in [5.41, 5.74) is 2.18. The molecule has 1 aromatic rings. The highest BCUT2D eigenvalue weighted by atomic mass is 16.5. The molecule has 0 saturated carbocycles. The Morgan fingerprint density at radius 2 is 2.06 bits per heavy atom. The van der Waals surface area contributed by atoms with Crippen molar-refractivity contribution in [2.24, 2.45) is 11.8 Å². The monoisotopic (exact) mass is 249 g/mol. The van der Waals surface area contributed by atoms with Crippen molar-refractivity contribution in [3.05, 3.63) is 29.6 Å². The van der Waals surface area contributed by atoms with Crippen LogP contribution in [0.2, 0.25) is 0 Å². The third-order valence-electron chi connectivity index (χ3n) is 3.12. The van der Waals surface area contributed by atoms with Crippen LogP contribution in [-0.2, 0) is 22.4 Å². The Bertz CT molecular complexity index is 371. The molecule has 0 aliphatic carbocycles. The van der Waals surface area contributed by atoms with Crippen LogP contribution in [0, 0.1) is 11.8 Å². The lowest BCUT2D eigenvalue weighted by molar-refractivity contribution is -0.149. The van der Waals surface area contributed by atoms with E-state index in [4.69, 9.17) is 4.74 Å². The van der Waals surface area contributed by atoms with Crippen LogP contribution in [0.25, 0.3) is 0 Å². The summed E-state index contributed by atoms with van der Waals surface area (Å²) in [5.74, 6) is 0.0375. The second kappa shape index (κ2) is 7.14. The molecule has 3 heteroatoms. The zero-order valence-electron chi connectivity index (χ0n) is 11.8. The largest absolute Gasteiger partial charge is 0.466 e. The number of rotatable bonds is 6. The Hall–Kier alpha value is -1.38. The molecule has 0 fully saturated rings. The second-order valence-electron chi connectivity index (χ2n) is 4.82. The molecule has 0 radical (unpaired) electrons. The van der Waals surface area contributed by atoms with Gasteiger partial charge < -0.3 is 4.74 Å². The molecule has 18 heavy (non-hydrogen) atoms. The third-order valence-corrected chi connectivity index (χ3v) is 3.12. The molecule has 0 N–H and O–H groups in total. The molecule has 1 atom stereocenters. The summed E-state index contributed by atoms with van der Waals surface area (Å²) >= 11 is 0. The Morgan fingerprint density at radius 1 is 1.33 bits per heavy atom. The molecule has 0 bridgehead atoms. The molecule has 0 aliphatic heterocycles. The molecule has 1 aromatic heterocycles. The lowest BCUT2D eigenvalue weighted by atomic mass is 9.91. The minimum atomic E-state index is -0.117. The Kier molecular flexibility index (Phi) is 5.83. The molecule has 0 aromatic carbocycles. The summed E-state index contributed by atoms with van der Waals surface area (Å²) < 4.78 is 5.12. The first-order valence-electron chi connectivity index (χ1n) is 6.68. The molecule has 0 spiro atoms. The Morgan fingerprint density at radius 3 is 2.50 bits per heavy atom. The van der Waals surface area contributed by atoms with Crippen LogP contribution in [-0.4, -0.2) is 17.6 Å². The summed E-state index contributed by atoms with van der Waals surface area (Å²) in [6.07, 6.45) is 3.52. The van der Waals surface area contributed by atoms with Gasteiger partial charge in [-0.05, 0) is 30.9 Å². The number of nitrogens with zero attached hydrogens (tertiary/aromatic N) is 1. The topological polar surface area (TPSA) is 39.2 Å². The Labute approximate surface area is 110 Å². The smallest absolute Gasteiger partial charge is 0.309 e. The standard InChI is InChI=1S/C15H23NO2/c1-5-12-7-8-13(16-10-12)9-14(11(3)4)15(17)18-6-2/h7-8,10-11,14H,5-6,9H2,1-4H3. The fraction of sp³-hybridized carbons (Fsp3) is 0.600. The number of aryl methyl sites for hydroxylation is 1. The van der Waals surface area contributed by atoms with E-state index in [1.165, 1.54) is 5.56 Å². The summed E-state index contributed by atoms with van der Waals surface area (Å²) in [4.78, 5) is 16.3. The molecule has 100 valence electrons. The number of ether oxygens (including phenoxy) is 1. The van der Waals surface area contributed by atoms with E-state index in [0.717, 1.165) is 12.1 Å². The van der Waals surface area contributed by atoms with Gasteiger partial charge in [0.2, 0.25) is 0 Å². The highest BCUT2D eigenvalue weighted by Gasteiger charge is 2.24. The van der Waals surface area contributed by atoms with Gasteiger partial charge in [0.25, 0.3) is 0 Å². The minimum Gasteiger partial charge on any atom is -0.466 e. The van der Waals surface area contributed by atoms with Crippen LogP contribution >= 0.6 is 0 Å². The number of carbonyl (C=O) groups is 1. The highest BCUT2D eigenvalue weighted by molar-refractivity contribution is 5.73. The fourth-order valence-corrected chi connectivity index (χ4v) is 1.85. The van der Waals surface area contributed by atoms with Crippen LogP contribution in [0.15, 0.2) is 18.3 Å². The molecule has 0 saturated heterocycles. The first-order chi connectivity index (χ1) is 8.58. The van der Waals surface area contributed by atoms with E-state index in [1.807, 2.05) is 33.0 Å². The van der Waals surface area contributed by atoms with Crippen molar-refractivity contribution in [1.82, 2.24) is 4.98 Å². The molecule has 0 aliphatic rings. The highest BCUT2D eigenvalue weighted by Crippen LogP contribution is 2.18. The molecular weight excluding hydrogens is 226 g/mol. The van der Waals surface area contributed by atoms with Crippen LogP contribution in [0.3, 0.4) is 0 Å². The van der Waals surface area contributed by atoms with Gasteiger partial charge in [-0.3, -0.25) is 9.78 Å². The minimum absolute atomic E-state index is 0.107. The summed E-state index contributed by atoms with van der Waals surface area (Å²) in [5, 5.41) is 0. The summed E-state index contributed by atoms with van der Waals surface area (Å²) in [7, 11) is 0. The predicted octanol–water partition coefficient (Wildman–Crippen LogP) is 3.02. The van der Waals surface area contributed by atoms with E-state index in [0.29, 0.717) is 13.0 Å². The SMILES string of the molecule is CCOC(=O)C(Cc1ccc(CC)cn1)C(C)C. The first kappa shape index (κ1) is 14.7. The van der Waals surface area contributed by atoms with Crippen molar-refractivity contribution >= 4 is 5.97 Å². The van der Waals surface area contributed by atoms with E-state index in [2.05, 4.69) is 18.0 Å². The van der Waals surface area contributed by atoms with Crippen molar-refractivity contribution in [1.29, 1.82) is 0 Å². The van der Waals surface area contributed by atoms with Crippen LogP contribution < -0.4 is 0 Å². The lowest BCUT2D eigenvalue weighted by Crippen LogP contribution is -2.25. The molecule has 1 unspecified atom stereocenters. The average Bonchev–Trinajstić information content (AvgIpc) is 2.36. The molecule has 0 amide bonds.